The van der Waals surface area contributed by atoms with Gasteiger partial charge in [0.1, 0.15) is 0 Å². The Morgan fingerprint density at radius 2 is 2.40 bits per heavy atom. The van der Waals surface area contributed by atoms with Gasteiger partial charge in [0, 0.05) is 26.1 Å². The summed E-state index contributed by atoms with van der Waals surface area (Å²) in [4.78, 5) is 37.3. The first-order valence-electron chi connectivity index (χ1n) is 9.09. The molecule has 0 aliphatic carbocycles. The number of carbonyl (C=O) groups is 2. The van der Waals surface area contributed by atoms with E-state index in [4.69, 9.17) is 10.5 Å². The molecule has 8 heteroatoms. The molecule has 134 valence electrons. The number of nitrogens with two attached hydrogens (primary N) is 1. The fourth-order valence-electron chi connectivity index (χ4n) is 5.28. The van der Waals surface area contributed by atoms with Gasteiger partial charge in [-0.1, -0.05) is 0 Å². The molecule has 4 aliphatic rings. The van der Waals surface area contributed by atoms with Gasteiger partial charge in [-0.05, 0) is 12.8 Å². The number of ether oxygens (including phenoxy) is 1. The van der Waals surface area contributed by atoms with Crippen LogP contribution in [-0.4, -0.2) is 69.5 Å². The third-order valence-corrected chi connectivity index (χ3v) is 6.37. The van der Waals surface area contributed by atoms with Gasteiger partial charge in [-0.3, -0.25) is 9.59 Å². The van der Waals surface area contributed by atoms with E-state index < -0.39 is 5.60 Å². The van der Waals surface area contributed by atoms with Crippen LogP contribution in [0.25, 0.3) is 0 Å². The number of nitrogens with zero attached hydrogens (tertiary/aromatic N) is 3. The van der Waals surface area contributed by atoms with Crippen LogP contribution in [-0.2, 0) is 27.3 Å². The number of H-pyrrole nitrogens is 1. The lowest BCUT2D eigenvalue weighted by Crippen LogP contribution is -2.48. The molecule has 4 aliphatic heterocycles. The topological polar surface area (TPSA) is 105 Å². The monoisotopic (exact) mass is 345 g/mol. The van der Waals surface area contributed by atoms with Gasteiger partial charge in [-0.25, -0.2) is 4.98 Å². The zero-order valence-electron chi connectivity index (χ0n) is 14.1. The Morgan fingerprint density at radius 1 is 1.52 bits per heavy atom. The highest BCUT2D eigenvalue weighted by molar-refractivity contribution is 5.92. The lowest BCUT2D eigenvalue weighted by Gasteiger charge is -2.33. The van der Waals surface area contributed by atoms with E-state index in [1.165, 1.54) is 0 Å². The summed E-state index contributed by atoms with van der Waals surface area (Å²) in [5, 5.41) is 0. The minimum absolute atomic E-state index is 0.0465. The number of imidazole rings is 1. The van der Waals surface area contributed by atoms with Crippen molar-refractivity contribution in [3.63, 3.8) is 0 Å². The maximum atomic E-state index is 13.3. The van der Waals surface area contributed by atoms with E-state index in [9.17, 15) is 9.59 Å². The van der Waals surface area contributed by atoms with Crippen molar-refractivity contribution < 1.29 is 14.3 Å². The minimum Gasteiger partial charge on any atom is -0.368 e. The van der Waals surface area contributed by atoms with E-state index in [0.29, 0.717) is 32.7 Å². The van der Waals surface area contributed by atoms with Crippen LogP contribution in [0, 0.1) is 11.8 Å². The van der Waals surface area contributed by atoms with Crippen molar-refractivity contribution in [2.45, 2.75) is 37.5 Å². The van der Waals surface area contributed by atoms with Crippen molar-refractivity contribution in [2.75, 3.05) is 26.2 Å². The Morgan fingerprint density at radius 3 is 3.24 bits per heavy atom. The molecule has 0 radical (unpaired) electrons. The Labute approximate surface area is 145 Å². The number of likely N-dealkylation sites (tertiary alicyclic amines) is 1. The van der Waals surface area contributed by atoms with Crippen molar-refractivity contribution >= 4 is 11.8 Å². The van der Waals surface area contributed by atoms with E-state index in [1.807, 2.05) is 4.90 Å². The van der Waals surface area contributed by atoms with Gasteiger partial charge in [0.2, 0.25) is 11.8 Å². The summed E-state index contributed by atoms with van der Waals surface area (Å²) in [5.74, 6) is -0.591. The molecular formula is C17H23N5O3. The fourth-order valence-corrected chi connectivity index (χ4v) is 5.28. The van der Waals surface area contributed by atoms with Crippen LogP contribution in [0.4, 0.5) is 0 Å². The molecule has 1 aromatic heterocycles. The quantitative estimate of drug-likeness (QED) is 0.751. The van der Waals surface area contributed by atoms with Crippen LogP contribution >= 0.6 is 0 Å². The van der Waals surface area contributed by atoms with Crippen LogP contribution in [0.1, 0.15) is 24.2 Å². The van der Waals surface area contributed by atoms with E-state index in [-0.39, 0.29) is 29.8 Å². The van der Waals surface area contributed by atoms with Crippen LogP contribution < -0.4 is 5.73 Å². The van der Waals surface area contributed by atoms with Crippen molar-refractivity contribution in [1.29, 1.82) is 0 Å². The molecule has 3 saturated heterocycles. The van der Waals surface area contributed by atoms with E-state index in [0.717, 1.165) is 30.7 Å². The minimum atomic E-state index is -0.466. The number of hydrogen-bond donors (Lipinski definition) is 2. The van der Waals surface area contributed by atoms with Gasteiger partial charge < -0.3 is 25.3 Å². The van der Waals surface area contributed by atoms with Gasteiger partial charge in [-0.15, -0.1) is 0 Å². The molecule has 25 heavy (non-hydrogen) atoms. The number of amides is 2. The van der Waals surface area contributed by atoms with E-state index >= 15 is 0 Å². The number of rotatable bonds is 3. The van der Waals surface area contributed by atoms with E-state index in [2.05, 4.69) is 9.97 Å². The smallest absolute Gasteiger partial charge is 0.229 e. The van der Waals surface area contributed by atoms with Crippen LogP contribution in [0.15, 0.2) is 6.33 Å². The van der Waals surface area contributed by atoms with E-state index in [1.54, 1.807) is 11.2 Å². The highest BCUT2D eigenvalue weighted by atomic mass is 16.5. The predicted molar refractivity (Wildman–Crippen MR) is 87.2 cm³/mol. The summed E-state index contributed by atoms with van der Waals surface area (Å²) in [7, 11) is 0. The second-order valence-corrected chi connectivity index (χ2v) is 7.65. The average Bonchev–Trinajstić information content (AvgIpc) is 3.35. The second-order valence-electron chi connectivity index (χ2n) is 7.65. The molecule has 8 nitrogen and oxygen atoms in total. The SMILES string of the molecule is NCCN1C[C@@]23CC[C@@H](O2)[C@@H](C(=O)N2CCc4nc[nH]c4C2)[C@H]3C1=O. The Balaban J connectivity index is 1.41. The fraction of sp³-hybridized carbons (Fsp3) is 0.706. The lowest BCUT2D eigenvalue weighted by molar-refractivity contribution is -0.144. The molecule has 0 aromatic carbocycles. The first-order valence-corrected chi connectivity index (χ1v) is 9.09. The van der Waals surface area contributed by atoms with Crippen molar-refractivity contribution in [2.24, 2.45) is 17.6 Å². The number of carbonyl (C=O) groups excluding carboxylic acids is 2. The van der Waals surface area contributed by atoms with Crippen LogP contribution in [0.5, 0.6) is 0 Å². The summed E-state index contributed by atoms with van der Waals surface area (Å²) in [6.07, 6.45) is 4.04. The molecule has 1 spiro atoms. The largest absolute Gasteiger partial charge is 0.368 e. The highest BCUT2D eigenvalue weighted by Crippen LogP contribution is 2.55. The van der Waals surface area contributed by atoms with Gasteiger partial charge >= 0.3 is 0 Å². The third-order valence-electron chi connectivity index (χ3n) is 6.37. The molecule has 4 atom stereocenters. The Hall–Kier alpha value is -1.93. The summed E-state index contributed by atoms with van der Waals surface area (Å²) < 4.78 is 6.24. The molecule has 3 N–H and O–H groups in total. The molecular weight excluding hydrogens is 322 g/mol. The molecule has 2 bridgehead atoms. The summed E-state index contributed by atoms with van der Waals surface area (Å²) in [5.41, 5.74) is 7.22. The van der Waals surface area contributed by atoms with Crippen molar-refractivity contribution in [3.8, 4) is 0 Å². The molecule has 3 fully saturated rings. The standard InChI is InChI=1S/C17H23N5O3/c18-4-6-22-8-17-3-1-12(25-17)13(14(17)16(22)24)15(23)21-5-2-10-11(7-21)20-9-19-10/h9,12-14H,1-8,18H2,(H,19,20)/t12-,13-,14+,17-/m1/s1. The molecule has 1 aromatic rings. The number of fused-ring (bicyclic) bond motifs is 2. The average molecular weight is 345 g/mol. The number of nitrogens with one attached hydrogen (secondary N) is 1. The normalized spacial score (nSPS) is 36.0. The molecule has 5 heterocycles. The van der Waals surface area contributed by atoms with Crippen LogP contribution in [0.3, 0.4) is 0 Å². The van der Waals surface area contributed by atoms with Crippen LogP contribution in [0.2, 0.25) is 0 Å². The molecule has 0 saturated carbocycles. The Bertz CT molecular complexity index is 734. The van der Waals surface area contributed by atoms with Gasteiger partial charge in [0.05, 0.1) is 54.3 Å². The third kappa shape index (κ3) is 2.04. The Kier molecular flexibility index (Phi) is 3.24. The van der Waals surface area contributed by atoms with Crippen molar-refractivity contribution in [1.82, 2.24) is 19.8 Å². The first kappa shape index (κ1) is 15.3. The zero-order chi connectivity index (χ0) is 17.2. The number of aromatic nitrogens is 2. The highest BCUT2D eigenvalue weighted by Gasteiger charge is 2.69. The molecule has 0 unspecified atom stereocenters. The zero-order valence-corrected chi connectivity index (χ0v) is 14.1. The maximum Gasteiger partial charge on any atom is 0.229 e. The maximum absolute atomic E-state index is 13.3. The van der Waals surface area contributed by atoms with Crippen molar-refractivity contribution in [3.05, 3.63) is 17.7 Å². The summed E-state index contributed by atoms with van der Waals surface area (Å²) >= 11 is 0. The summed E-state index contributed by atoms with van der Waals surface area (Å²) in [6.45, 7) is 2.75. The predicted octanol–water partition coefficient (Wildman–Crippen LogP) is -0.741. The molecule has 2 amide bonds. The number of aromatic amines is 1. The number of hydrogen-bond acceptors (Lipinski definition) is 5. The van der Waals surface area contributed by atoms with Gasteiger partial charge in [0.25, 0.3) is 0 Å². The van der Waals surface area contributed by atoms with Gasteiger partial charge in [0.15, 0.2) is 0 Å². The lowest BCUT2D eigenvalue weighted by atomic mass is 9.72. The second kappa shape index (κ2) is 5.28. The molecule has 5 rings (SSSR count). The van der Waals surface area contributed by atoms with Gasteiger partial charge in [-0.2, -0.15) is 0 Å². The first-order chi connectivity index (χ1) is 12.1. The summed E-state index contributed by atoms with van der Waals surface area (Å²) in [6, 6.07) is 0.